The Balaban J connectivity index is 2.81. The summed E-state index contributed by atoms with van der Waals surface area (Å²) in [7, 11) is -3.26. The Morgan fingerprint density at radius 2 is 1.95 bits per heavy atom. The fourth-order valence-corrected chi connectivity index (χ4v) is 2.41. The van der Waals surface area contributed by atoms with Gasteiger partial charge in [-0.05, 0) is 31.0 Å². The molecule has 2 N–H and O–H groups in total. The molecule has 2 amide bonds. The summed E-state index contributed by atoms with van der Waals surface area (Å²) in [5.74, 6) is -1.76. The van der Waals surface area contributed by atoms with Crippen LogP contribution < -0.4 is 10.6 Å². The number of sulfone groups is 1. The molecule has 8 heteroatoms. The molecule has 0 heterocycles. The highest BCUT2D eigenvalue weighted by Crippen LogP contribution is 2.14. The maximum Gasteiger partial charge on any atom is 0.246 e. The normalized spacial score (nSPS) is 12.5. The van der Waals surface area contributed by atoms with Crippen molar-refractivity contribution in [2.45, 2.75) is 26.3 Å². The van der Waals surface area contributed by atoms with Gasteiger partial charge in [-0.2, -0.15) is 0 Å². The van der Waals surface area contributed by atoms with Crippen LogP contribution in [-0.4, -0.2) is 38.3 Å². The molecule has 0 fully saturated rings. The van der Waals surface area contributed by atoms with E-state index >= 15 is 0 Å². The van der Waals surface area contributed by atoms with Crippen LogP contribution in [0, 0.1) is 12.7 Å². The van der Waals surface area contributed by atoms with Gasteiger partial charge in [0.2, 0.25) is 11.8 Å². The summed E-state index contributed by atoms with van der Waals surface area (Å²) in [5.41, 5.74) is 0.677. The van der Waals surface area contributed by atoms with E-state index in [4.69, 9.17) is 0 Å². The summed E-state index contributed by atoms with van der Waals surface area (Å²) >= 11 is 0. The lowest BCUT2D eigenvalue weighted by molar-refractivity contribution is -0.125. The Morgan fingerprint density at radius 1 is 1.32 bits per heavy atom. The largest absolute Gasteiger partial charge is 0.345 e. The van der Waals surface area contributed by atoms with Crippen LogP contribution in [0.2, 0.25) is 0 Å². The number of aryl methyl sites for hydroxylation is 1. The first kappa shape index (κ1) is 18.1. The minimum absolute atomic E-state index is 0.0570. The van der Waals surface area contributed by atoms with Gasteiger partial charge in [0, 0.05) is 18.9 Å². The van der Waals surface area contributed by atoms with E-state index in [2.05, 4.69) is 10.6 Å². The molecule has 22 heavy (non-hydrogen) atoms. The lowest BCUT2D eigenvalue weighted by Gasteiger charge is -2.17. The van der Waals surface area contributed by atoms with E-state index in [-0.39, 0.29) is 17.9 Å². The van der Waals surface area contributed by atoms with Gasteiger partial charge in [0.25, 0.3) is 0 Å². The molecule has 0 aromatic heterocycles. The van der Waals surface area contributed by atoms with E-state index < -0.39 is 33.5 Å². The lowest BCUT2D eigenvalue weighted by atomic mass is 10.2. The molecule has 0 bridgehead atoms. The highest BCUT2D eigenvalue weighted by atomic mass is 32.2. The van der Waals surface area contributed by atoms with E-state index in [1.54, 1.807) is 6.92 Å². The smallest absolute Gasteiger partial charge is 0.246 e. The molecule has 0 saturated carbocycles. The predicted octanol–water partition coefficient (Wildman–Crippen LogP) is 1.01. The summed E-state index contributed by atoms with van der Waals surface area (Å²) in [4.78, 5) is 23.3. The molecule has 0 spiro atoms. The number of carbonyl (C=O) groups excluding carboxylic acids is 2. The average molecular weight is 330 g/mol. The molecule has 6 nitrogen and oxygen atoms in total. The monoisotopic (exact) mass is 330 g/mol. The Hall–Kier alpha value is -1.96. The van der Waals surface area contributed by atoms with Gasteiger partial charge >= 0.3 is 0 Å². The molecule has 0 radical (unpaired) electrons. The van der Waals surface area contributed by atoms with Crippen LogP contribution in [0.25, 0.3) is 0 Å². The van der Waals surface area contributed by atoms with Gasteiger partial charge in [0.05, 0.1) is 5.75 Å². The summed E-state index contributed by atoms with van der Waals surface area (Å²) < 4.78 is 35.8. The number of hydrogen-bond donors (Lipinski definition) is 2. The number of amides is 2. The van der Waals surface area contributed by atoms with Crippen LogP contribution in [-0.2, 0) is 19.4 Å². The molecule has 1 rings (SSSR count). The number of hydrogen-bond acceptors (Lipinski definition) is 4. The van der Waals surface area contributed by atoms with Crippen molar-refractivity contribution in [3.05, 3.63) is 29.6 Å². The molecule has 1 atom stereocenters. The first-order chi connectivity index (χ1) is 10.1. The number of nitrogens with one attached hydrogen (secondary N) is 2. The van der Waals surface area contributed by atoms with Crippen LogP contribution >= 0.6 is 0 Å². The highest BCUT2D eigenvalue weighted by Gasteiger charge is 2.21. The third kappa shape index (κ3) is 6.21. The Labute approximate surface area is 129 Å². The maximum atomic E-state index is 13.4. The second-order valence-corrected chi connectivity index (χ2v) is 7.38. The van der Waals surface area contributed by atoms with E-state index in [9.17, 15) is 22.4 Å². The van der Waals surface area contributed by atoms with Crippen molar-refractivity contribution in [2.24, 2.45) is 0 Å². The van der Waals surface area contributed by atoms with Crippen molar-refractivity contribution in [1.29, 1.82) is 0 Å². The molecular formula is C14H19FN2O4S. The highest BCUT2D eigenvalue weighted by molar-refractivity contribution is 7.90. The topological polar surface area (TPSA) is 92.3 Å². The zero-order valence-electron chi connectivity index (χ0n) is 12.6. The van der Waals surface area contributed by atoms with Crippen LogP contribution in [0.5, 0.6) is 0 Å². The summed E-state index contributed by atoms with van der Waals surface area (Å²) in [6, 6.07) is 3.19. The third-order valence-electron chi connectivity index (χ3n) is 2.91. The molecule has 1 aromatic rings. The summed E-state index contributed by atoms with van der Waals surface area (Å²) in [5, 5.41) is 4.85. The Kier molecular flexibility index (Phi) is 6.04. The Bertz CT molecular complexity index is 673. The fourth-order valence-electron chi connectivity index (χ4n) is 1.75. The van der Waals surface area contributed by atoms with E-state index in [0.29, 0.717) is 5.56 Å². The summed E-state index contributed by atoms with van der Waals surface area (Å²) in [6.45, 7) is 2.82. The molecule has 122 valence electrons. The van der Waals surface area contributed by atoms with Crippen molar-refractivity contribution in [1.82, 2.24) is 5.32 Å². The minimum atomic E-state index is -3.26. The van der Waals surface area contributed by atoms with Crippen molar-refractivity contribution >= 4 is 27.3 Å². The van der Waals surface area contributed by atoms with Crippen LogP contribution in [0.1, 0.15) is 18.9 Å². The molecule has 0 aliphatic heterocycles. The molecule has 0 aliphatic carbocycles. The first-order valence-electron chi connectivity index (χ1n) is 6.60. The lowest BCUT2D eigenvalue weighted by Crippen LogP contribution is -2.43. The van der Waals surface area contributed by atoms with Gasteiger partial charge in [-0.1, -0.05) is 6.07 Å². The first-order valence-corrected chi connectivity index (χ1v) is 8.66. The molecular weight excluding hydrogens is 311 g/mol. The van der Waals surface area contributed by atoms with Crippen molar-refractivity contribution < 1.29 is 22.4 Å². The van der Waals surface area contributed by atoms with Gasteiger partial charge in [-0.15, -0.1) is 0 Å². The van der Waals surface area contributed by atoms with Crippen LogP contribution in [0.4, 0.5) is 10.1 Å². The zero-order chi connectivity index (χ0) is 16.9. The van der Waals surface area contributed by atoms with Crippen molar-refractivity contribution in [3.8, 4) is 0 Å². The number of anilines is 1. The second kappa shape index (κ2) is 7.35. The fraction of sp³-hybridized carbons (Fsp3) is 0.429. The van der Waals surface area contributed by atoms with E-state index in [0.717, 1.165) is 12.3 Å². The van der Waals surface area contributed by atoms with E-state index in [1.807, 2.05) is 0 Å². The van der Waals surface area contributed by atoms with Gasteiger partial charge < -0.3 is 10.6 Å². The van der Waals surface area contributed by atoms with Crippen molar-refractivity contribution in [2.75, 3.05) is 17.3 Å². The van der Waals surface area contributed by atoms with Crippen molar-refractivity contribution in [3.63, 3.8) is 0 Å². The van der Waals surface area contributed by atoms with Gasteiger partial charge in [0.15, 0.2) is 0 Å². The van der Waals surface area contributed by atoms with Crippen LogP contribution in [0.3, 0.4) is 0 Å². The van der Waals surface area contributed by atoms with Gasteiger partial charge in [0.1, 0.15) is 21.7 Å². The number of halogens is 1. The average Bonchev–Trinajstić information content (AvgIpc) is 2.37. The maximum absolute atomic E-state index is 13.4. The third-order valence-corrected chi connectivity index (χ3v) is 3.89. The number of rotatable bonds is 6. The van der Waals surface area contributed by atoms with E-state index in [1.165, 1.54) is 19.1 Å². The van der Waals surface area contributed by atoms with Gasteiger partial charge in [-0.25, -0.2) is 12.8 Å². The summed E-state index contributed by atoms with van der Waals surface area (Å²) in [6.07, 6.45) is 0.990. The second-order valence-electron chi connectivity index (χ2n) is 5.12. The SMILES string of the molecule is CC(=O)N[C@@H](CCS(C)(=O)=O)C(=O)Nc1ccc(C)c(F)c1. The van der Waals surface area contributed by atoms with Gasteiger partial charge in [-0.3, -0.25) is 9.59 Å². The quantitative estimate of drug-likeness (QED) is 0.814. The number of carbonyl (C=O) groups is 2. The van der Waals surface area contributed by atoms with Crippen LogP contribution in [0.15, 0.2) is 18.2 Å². The standard InChI is InChI=1S/C14H19FN2O4S/c1-9-4-5-11(8-12(9)15)17-14(19)13(16-10(2)18)6-7-22(3,20)21/h4-5,8,13H,6-7H2,1-3H3,(H,16,18)(H,17,19)/t13-/m0/s1. The number of benzene rings is 1. The molecule has 0 unspecified atom stereocenters. The minimum Gasteiger partial charge on any atom is -0.345 e. The Morgan fingerprint density at radius 3 is 2.45 bits per heavy atom. The molecule has 0 saturated heterocycles. The molecule has 0 aliphatic rings. The molecule has 1 aromatic carbocycles. The zero-order valence-corrected chi connectivity index (χ0v) is 13.5. The predicted molar refractivity (Wildman–Crippen MR) is 81.7 cm³/mol.